The highest BCUT2D eigenvalue weighted by Crippen LogP contribution is 2.08. The SMILES string of the molecule is O=C(NCCc1cscn1)c1cccc(S)c1. The summed E-state index contributed by atoms with van der Waals surface area (Å²) in [5.74, 6) is -0.0730. The Hall–Kier alpha value is -1.33. The van der Waals surface area contributed by atoms with E-state index in [0.29, 0.717) is 12.1 Å². The lowest BCUT2D eigenvalue weighted by molar-refractivity contribution is 0.0954. The van der Waals surface area contributed by atoms with Gasteiger partial charge in [-0.25, -0.2) is 4.98 Å². The summed E-state index contributed by atoms with van der Waals surface area (Å²) in [6.07, 6.45) is 0.760. The second-order valence-corrected chi connectivity index (χ2v) is 4.77. The number of thiol groups is 1. The molecule has 0 unspecified atom stereocenters. The summed E-state index contributed by atoms with van der Waals surface area (Å²) in [6, 6.07) is 7.19. The molecule has 0 aliphatic carbocycles. The van der Waals surface area contributed by atoms with Gasteiger partial charge in [0.15, 0.2) is 0 Å². The number of amides is 1. The van der Waals surface area contributed by atoms with Gasteiger partial charge in [-0.15, -0.1) is 24.0 Å². The van der Waals surface area contributed by atoms with Crippen LogP contribution in [0.25, 0.3) is 0 Å². The number of hydrogen-bond donors (Lipinski definition) is 2. The molecule has 0 aliphatic heterocycles. The van der Waals surface area contributed by atoms with E-state index in [1.165, 1.54) is 0 Å². The van der Waals surface area contributed by atoms with Crippen LogP contribution in [0.15, 0.2) is 40.1 Å². The maximum atomic E-state index is 11.8. The summed E-state index contributed by atoms with van der Waals surface area (Å²) in [5, 5.41) is 4.84. The van der Waals surface area contributed by atoms with E-state index in [0.717, 1.165) is 17.0 Å². The highest BCUT2D eigenvalue weighted by atomic mass is 32.1. The van der Waals surface area contributed by atoms with Crippen LogP contribution in [0.5, 0.6) is 0 Å². The molecule has 0 bridgehead atoms. The van der Waals surface area contributed by atoms with Crippen molar-refractivity contribution < 1.29 is 4.79 Å². The monoisotopic (exact) mass is 264 g/mol. The van der Waals surface area contributed by atoms with E-state index in [1.807, 2.05) is 17.5 Å². The van der Waals surface area contributed by atoms with Crippen molar-refractivity contribution in [2.75, 3.05) is 6.54 Å². The van der Waals surface area contributed by atoms with Gasteiger partial charge in [0, 0.05) is 28.8 Å². The number of aromatic nitrogens is 1. The average molecular weight is 264 g/mol. The highest BCUT2D eigenvalue weighted by molar-refractivity contribution is 7.80. The molecule has 1 N–H and O–H groups in total. The van der Waals surface area contributed by atoms with Crippen LogP contribution in [0.2, 0.25) is 0 Å². The van der Waals surface area contributed by atoms with Gasteiger partial charge in [-0.3, -0.25) is 4.79 Å². The molecule has 0 radical (unpaired) electrons. The zero-order chi connectivity index (χ0) is 12.1. The van der Waals surface area contributed by atoms with Gasteiger partial charge in [-0.1, -0.05) is 6.07 Å². The Labute approximate surface area is 109 Å². The molecule has 0 spiro atoms. The number of thiazole rings is 1. The van der Waals surface area contributed by atoms with Crippen molar-refractivity contribution in [3.8, 4) is 0 Å². The minimum absolute atomic E-state index is 0.0730. The number of carbonyl (C=O) groups excluding carboxylic acids is 1. The molecule has 17 heavy (non-hydrogen) atoms. The summed E-state index contributed by atoms with van der Waals surface area (Å²) in [4.78, 5) is 16.7. The first-order chi connectivity index (χ1) is 8.25. The fourth-order valence-electron chi connectivity index (χ4n) is 1.41. The summed E-state index contributed by atoms with van der Waals surface area (Å²) in [7, 11) is 0. The van der Waals surface area contributed by atoms with Gasteiger partial charge in [0.25, 0.3) is 5.91 Å². The molecule has 0 fully saturated rings. The predicted octanol–water partition coefficient (Wildman–Crippen LogP) is 2.40. The van der Waals surface area contributed by atoms with Gasteiger partial charge < -0.3 is 5.32 Å². The van der Waals surface area contributed by atoms with Crippen LogP contribution in [0.3, 0.4) is 0 Å². The molecule has 1 amide bonds. The summed E-state index contributed by atoms with van der Waals surface area (Å²) >= 11 is 5.76. The molecule has 0 saturated carbocycles. The molecule has 1 aromatic carbocycles. The Balaban J connectivity index is 1.85. The molecule has 0 atom stereocenters. The Morgan fingerprint density at radius 2 is 2.35 bits per heavy atom. The smallest absolute Gasteiger partial charge is 0.251 e. The van der Waals surface area contributed by atoms with Crippen molar-refractivity contribution in [3.05, 3.63) is 46.4 Å². The van der Waals surface area contributed by atoms with Gasteiger partial charge in [-0.05, 0) is 18.2 Å². The number of benzene rings is 1. The van der Waals surface area contributed by atoms with Gasteiger partial charge >= 0.3 is 0 Å². The third kappa shape index (κ3) is 3.57. The van der Waals surface area contributed by atoms with Crippen LogP contribution in [0.4, 0.5) is 0 Å². The predicted molar refractivity (Wildman–Crippen MR) is 71.8 cm³/mol. The molecule has 88 valence electrons. The lowest BCUT2D eigenvalue weighted by Crippen LogP contribution is -2.25. The minimum Gasteiger partial charge on any atom is -0.352 e. The lowest BCUT2D eigenvalue weighted by Gasteiger charge is -2.04. The van der Waals surface area contributed by atoms with Crippen molar-refractivity contribution in [2.24, 2.45) is 0 Å². The molecule has 0 saturated heterocycles. The average Bonchev–Trinajstić information content (AvgIpc) is 2.82. The van der Waals surface area contributed by atoms with Crippen molar-refractivity contribution >= 4 is 29.9 Å². The number of rotatable bonds is 4. The lowest BCUT2D eigenvalue weighted by atomic mass is 10.2. The first-order valence-electron chi connectivity index (χ1n) is 5.20. The van der Waals surface area contributed by atoms with E-state index in [9.17, 15) is 4.79 Å². The molecule has 1 aromatic heterocycles. The van der Waals surface area contributed by atoms with Gasteiger partial charge in [0.1, 0.15) is 0 Å². The van der Waals surface area contributed by atoms with E-state index in [2.05, 4.69) is 22.9 Å². The number of carbonyl (C=O) groups is 1. The molecular weight excluding hydrogens is 252 g/mol. The fourth-order valence-corrected chi connectivity index (χ4v) is 2.23. The van der Waals surface area contributed by atoms with Crippen LogP contribution < -0.4 is 5.32 Å². The number of nitrogens with zero attached hydrogens (tertiary/aromatic N) is 1. The molecule has 2 rings (SSSR count). The van der Waals surface area contributed by atoms with Gasteiger partial charge in [0.2, 0.25) is 0 Å². The normalized spacial score (nSPS) is 10.2. The van der Waals surface area contributed by atoms with Crippen molar-refractivity contribution in [1.29, 1.82) is 0 Å². The minimum atomic E-state index is -0.0730. The first kappa shape index (κ1) is 12.1. The highest BCUT2D eigenvalue weighted by Gasteiger charge is 2.04. The molecule has 0 aliphatic rings. The van der Waals surface area contributed by atoms with Crippen molar-refractivity contribution in [1.82, 2.24) is 10.3 Å². The third-order valence-electron chi connectivity index (χ3n) is 2.26. The Morgan fingerprint density at radius 3 is 3.06 bits per heavy atom. The maximum Gasteiger partial charge on any atom is 0.251 e. The molecule has 3 nitrogen and oxygen atoms in total. The number of hydrogen-bond acceptors (Lipinski definition) is 4. The summed E-state index contributed by atoms with van der Waals surface area (Å²) < 4.78 is 0. The van der Waals surface area contributed by atoms with E-state index in [1.54, 1.807) is 29.0 Å². The van der Waals surface area contributed by atoms with Gasteiger partial charge in [0.05, 0.1) is 11.2 Å². The summed E-state index contributed by atoms with van der Waals surface area (Å²) in [5.41, 5.74) is 3.44. The molecule has 5 heteroatoms. The zero-order valence-electron chi connectivity index (χ0n) is 9.09. The maximum absolute atomic E-state index is 11.8. The molecule has 2 aromatic rings. The van der Waals surface area contributed by atoms with Gasteiger partial charge in [-0.2, -0.15) is 0 Å². The van der Waals surface area contributed by atoms with Crippen molar-refractivity contribution in [2.45, 2.75) is 11.3 Å². The van der Waals surface area contributed by atoms with Crippen molar-refractivity contribution in [3.63, 3.8) is 0 Å². The Kier molecular flexibility index (Phi) is 4.17. The van der Waals surface area contributed by atoms with Crippen LogP contribution in [0.1, 0.15) is 16.1 Å². The molecular formula is C12H12N2OS2. The van der Waals surface area contributed by atoms with E-state index >= 15 is 0 Å². The third-order valence-corrected chi connectivity index (χ3v) is 3.17. The van der Waals surface area contributed by atoms with Crippen LogP contribution in [-0.4, -0.2) is 17.4 Å². The van der Waals surface area contributed by atoms with Crippen LogP contribution in [0, 0.1) is 0 Å². The van der Waals surface area contributed by atoms with Crippen LogP contribution in [-0.2, 0) is 6.42 Å². The van der Waals surface area contributed by atoms with E-state index in [-0.39, 0.29) is 5.91 Å². The zero-order valence-corrected chi connectivity index (χ0v) is 10.8. The summed E-state index contributed by atoms with van der Waals surface area (Å²) in [6.45, 7) is 0.597. The quantitative estimate of drug-likeness (QED) is 0.833. The topological polar surface area (TPSA) is 42.0 Å². The Morgan fingerprint density at radius 1 is 1.47 bits per heavy atom. The second kappa shape index (κ2) is 5.84. The fraction of sp³-hybridized carbons (Fsp3) is 0.167. The molecule has 1 heterocycles. The van der Waals surface area contributed by atoms with E-state index < -0.39 is 0 Å². The largest absolute Gasteiger partial charge is 0.352 e. The number of nitrogens with one attached hydrogen (secondary N) is 1. The Bertz CT molecular complexity index is 497. The standard InChI is InChI=1S/C12H12N2OS2/c15-12(9-2-1-3-11(16)6-9)13-5-4-10-7-17-8-14-10/h1-3,6-8,16H,4-5H2,(H,13,15). The first-order valence-corrected chi connectivity index (χ1v) is 6.59. The van der Waals surface area contributed by atoms with Crippen LogP contribution >= 0.6 is 24.0 Å². The second-order valence-electron chi connectivity index (χ2n) is 3.54. The van der Waals surface area contributed by atoms with E-state index in [4.69, 9.17) is 0 Å².